The van der Waals surface area contributed by atoms with Crippen LogP contribution in [0.3, 0.4) is 0 Å². The second-order valence-corrected chi connectivity index (χ2v) is 4.10. The van der Waals surface area contributed by atoms with Gasteiger partial charge in [0.15, 0.2) is 0 Å². The van der Waals surface area contributed by atoms with Gasteiger partial charge in [-0.05, 0) is 12.1 Å². The lowest BCUT2D eigenvalue weighted by atomic mass is 10.00. The molecule has 0 N–H and O–H groups in total. The van der Waals surface area contributed by atoms with Crippen LogP contribution in [0.5, 0.6) is 0 Å². The molecule has 0 aliphatic heterocycles. The second kappa shape index (κ2) is 5.28. The molecular weight excluding hydrogens is 269 g/mol. The van der Waals surface area contributed by atoms with Gasteiger partial charge in [0.25, 0.3) is 0 Å². The van der Waals surface area contributed by atoms with E-state index in [1.54, 1.807) is 18.2 Å². The van der Waals surface area contributed by atoms with Crippen molar-refractivity contribution in [2.24, 2.45) is 0 Å². The molecule has 0 bridgehead atoms. The zero-order valence-corrected chi connectivity index (χ0v) is 10.1. The van der Waals surface area contributed by atoms with E-state index in [1.807, 2.05) is 0 Å². The van der Waals surface area contributed by atoms with Crippen molar-refractivity contribution in [2.75, 3.05) is 0 Å². The van der Waals surface area contributed by atoms with Crippen LogP contribution >= 0.6 is 0 Å². The van der Waals surface area contributed by atoms with Crippen molar-refractivity contribution in [2.45, 2.75) is 6.18 Å². The number of hydrogen-bond donors (Lipinski definition) is 0. The van der Waals surface area contributed by atoms with E-state index in [0.717, 1.165) is 12.1 Å². The Balaban J connectivity index is 2.33. The minimum absolute atomic E-state index is 0.148. The van der Waals surface area contributed by atoms with Crippen LogP contribution in [0.25, 0.3) is 0 Å². The summed E-state index contributed by atoms with van der Waals surface area (Å²) in [5.74, 6) is -1.78. The quantitative estimate of drug-likeness (QED) is 0.632. The molecule has 102 valence electrons. The predicted molar refractivity (Wildman–Crippen MR) is 66.5 cm³/mol. The Morgan fingerprint density at radius 2 is 1.30 bits per heavy atom. The van der Waals surface area contributed by atoms with Gasteiger partial charge in [-0.2, -0.15) is 13.2 Å². The number of ketones is 2. The van der Waals surface area contributed by atoms with Gasteiger partial charge in [-0.1, -0.05) is 42.5 Å². The molecule has 0 aliphatic rings. The molecule has 2 aromatic rings. The maximum absolute atomic E-state index is 12.6. The second-order valence-electron chi connectivity index (χ2n) is 4.10. The van der Waals surface area contributed by atoms with E-state index in [-0.39, 0.29) is 11.1 Å². The van der Waals surface area contributed by atoms with Gasteiger partial charge in [0.1, 0.15) is 0 Å². The minimum Gasteiger partial charge on any atom is -0.285 e. The van der Waals surface area contributed by atoms with E-state index in [0.29, 0.717) is 6.07 Å². The van der Waals surface area contributed by atoms with Crippen LogP contribution in [0.15, 0.2) is 54.6 Å². The number of Topliss-reactive ketones (excluding diaryl/α,β-unsaturated/α-hetero) is 2. The molecule has 0 aromatic heterocycles. The number of hydrogen-bond acceptors (Lipinski definition) is 2. The molecule has 0 saturated heterocycles. The Hall–Kier alpha value is -2.43. The Bertz CT molecular complexity index is 646. The molecule has 20 heavy (non-hydrogen) atoms. The Morgan fingerprint density at radius 3 is 1.90 bits per heavy atom. The van der Waals surface area contributed by atoms with E-state index < -0.39 is 23.3 Å². The van der Waals surface area contributed by atoms with E-state index in [1.165, 1.54) is 18.2 Å². The number of carbonyl (C=O) groups is 2. The summed E-state index contributed by atoms with van der Waals surface area (Å²) >= 11 is 0. The van der Waals surface area contributed by atoms with E-state index >= 15 is 0 Å². The van der Waals surface area contributed by atoms with Crippen LogP contribution in [0, 0.1) is 0 Å². The summed E-state index contributed by atoms with van der Waals surface area (Å²) < 4.78 is 37.7. The molecule has 2 rings (SSSR count). The summed E-state index contributed by atoms with van der Waals surface area (Å²) in [5.41, 5.74) is -1.08. The molecule has 0 heterocycles. The molecule has 0 amide bonds. The highest BCUT2D eigenvalue weighted by atomic mass is 19.4. The van der Waals surface area contributed by atoms with Gasteiger partial charge in [-0.15, -0.1) is 0 Å². The third-order valence-electron chi connectivity index (χ3n) is 2.69. The summed E-state index contributed by atoms with van der Waals surface area (Å²) in [4.78, 5) is 23.8. The molecule has 2 aromatic carbocycles. The average Bonchev–Trinajstić information content (AvgIpc) is 2.46. The number of halogens is 3. The number of benzene rings is 2. The zero-order chi connectivity index (χ0) is 14.8. The number of rotatable bonds is 3. The topological polar surface area (TPSA) is 34.1 Å². The monoisotopic (exact) mass is 278 g/mol. The highest BCUT2D eigenvalue weighted by Crippen LogP contribution is 2.29. The third-order valence-corrected chi connectivity index (χ3v) is 2.69. The third kappa shape index (κ3) is 2.93. The summed E-state index contributed by atoms with van der Waals surface area (Å²) in [7, 11) is 0. The fourth-order valence-electron chi connectivity index (χ4n) is 1.69. The first-order chi connectivity index (χ1) is 9.39. The van der Waals surface area contributed by atoms with E-state index in [9.17, 15) is 22.8 Å². The first-order valence-corrected chi connectivity index (χ1v) is 5.71. The Labute approximate surface area is 112 Å². The molecule has 0 spiro atoms. The van der Waals surface area contributed by atoms with Crippen LogP contribution in [0.1, 0.15) is 26.3 Å². The Morgan fingerprint density at radius 1 is 0.750 bits per heavy atom. The van der Waals surface area contributed by atoms with Crippen LogP contribution in [0.4, 0.5) is 13.2 Å². The fourth-order valence-corrected chi connectivity index (χ4v) is 1.69. The largest absolute Gasteiger partial charge is 0.416 e. The van der Waals surface area contributed by atoms with Crippen molar-refractivity contribution in [3.8, 4) is 0 Å². The molecule has 0 radical (unpaired) electrons. The van der Waals surface area contributed by atoms with Crippen molar-refractivity contribution in [3.05, 3.63) is 71.3 Å². The highest BCUT2D eigenvalue weighted by molar-refractivity contribution is 6.49. The van der Waals surface area contributed by atoms with Gasteiger partial charge in [0.2, 0.25) is 11.6 Å². The molecule has 0 unspecified atom stereocenters. The van der Waals surface area contributed by atoms with Crippen molar-refractivity contribution in [3.63, 3.8) is 0 Å². The van der Waals surface area contributed by atoms with Gasteiger partial charge in [-0.3, -0.25) is 9.59 Å². The van der Waals surface area contributed by atoms with Crippen LogP contribution in [0.2, 0.25) is 0 Å². The average molecular weight is 278 g/mol. The molecule has 0 saturated carbocycles. The summed E-state index contributed by atoms with van der Waals surface area (Å²) in [6, 6.07) is 11.5. The fraction of sp³-hybridized carbons (Fsp3) is 0.0667. The smallest absolute Gasteiger partial charge is 0.285 e. The molecular formula is C15H9F3O2. The van der Waals surface area contributed by atoms with E-state index in [4.69, 9.17) is 0 Å². The SMILES string of the molecule is O=C(C(=O)c1cccc(C(F)(F)F)c1)c1ccccc1. The molecule has 5 heteroatoms. The first kappa shape index (κ1) is 14.0. The van der Waals surface area contributed by atoms with Crippen molar-refractivity contribution in [1.29, 1.82) is 0 Å². The van der Waals surface area contributed by atoms with Gasteiger partial charge in [-0.25, -0.2) is 0 Å². The van der Waals surface area contributed by atoms with Gasteiger partial charge in [0, 0.05) is 11.1 Å². The zero-order valence-electron chi connectivity index (χ0n) is 10.1. The number of alkyl halides is 3. The summed E-state index contributed by atoms with van der Waals surface area (Å²) in [5, 5.41) is 0. The van der Waals surface area contributed by atoms with Crippen molar-refractivity contribution >= 4 is 11.6 Å². The lowest BCUT2D eigenvalue weighted by Gasteiger charge is -2.07. The Kier molecular flexibility index (Phi) is 3.70. The lowest BCUT2D eigenvalue weighted by molar-refractivity contribution is -0.137. The van der Waals surface area contributed by atoms with Crippen LogP contribution < -0.4 is 0 Å². The van der Waals surface area contributed by atoms with E-state index in [2.05, 4.69) is 0 Å². The van der Waals surface area contributed by atoms with Gasteiger partial charge >= 0.3 is 6.18 Å². The maximum Gasteiger partial charge on any atom is 0.416 e. The lowest BCUT2D eigenvalue weighted by Crippen LogP contribution is -2.15. The summed E-state index contributed by atoms with van der Waals surface area (Å²) in [6.07, 6.45) is -4.55. The summed E-state index contributed by atoms with van der Waals surface area (Å²) in [6.45, 7) is 0. The maximum atomic E-state index is 12.6. The standard InChI is InChI=1S/C15H9F3O2/c16-15(17,18)12-8-4-7-11(9-12)14(20)13(19)10-5-2-1-3-6-10/h1-9H. The minimum atomic E-state index is -4.55. The molecule has 2 nitrogen and oxygen atoms in total. The normalized spacial score (nSPS) is 11.2. The van der Waals surface area contributed by atoms with Gasteiger partial charge in [0.05, 0.1) is 5.56 Å². The van der Waals surface area contributed by atoms with Gasteiger partial charge < -0.3 is 0 Å². The first-order valence-electron chi connectivity index (χ1n) is 5.71. The van der Waals surface area contributed by atoms with Crippen LogP contribution in [-0.4, -0.2) is 11.6 Å². The highest BCUT2D eigenvalue weighted by Gasteiger charge is 2.31. The van der Waals surface area contributed by atoms with Crippen LogP contribution in [-0.2, 0) is 6.18 Å². The molecule has 0 aliphatic carbocycles. The van der Waals surface area contributed by atoms with Crippen molar-refractivity contribution in [1.82, 2.24) is 0 Å². The number of carbonyl (C=O) groups excluding carboxylic acids is 2. The predicted octanol–water partition coefficient (Wildman–Crippen LogP) is 3.77. The molecule has 0 fully saturated rings. The van der Waals surface area contributed by atoms with Crippen molar-refractivity contribution < 1.29 is 22.8 Å². The molecule has 0 atom stereocenters.